The van der Waals surface area contributed by atoms with Crippen LogP contribution in [-0.2, 0) is 10.8 Å². The summed E-state index contributed by atoms with van der Waals surface area (Å²) in [6, 6.07) is 27.5. The topological polar surface area (TPSA) is 6.25 Å². The van der Waals surface area contributed by atoms with Gasteiger partial charge in [-0.05, 0) is 115 Å². The van der Waals surface area contributed by atoms with Gasteiger partial charge in [-0.1, -0.05) is 152 Å². The van der Waals surface area contributed by atoms with Gasteiger partial charge in [-0.15, -0.1) is 0 Å². The van der Waals surface area contributed by atoms with Gasteiger partial charge in [0.25, 0.3) is 0 Å². The Labute approximate surface area is 346 Å². The molecule has 2 aliphatic heterocycles. The zero-order valence-corrected chi connectivity index (χ0v) is 36.7. The van der Waals surface area contributed by atoms with E-state index in [1.807, 2.05) is 0 Å². The van der Waals surface area contributed by atoms with E-state index in [2.05, 4.69) is 155 Å². The summed E-state index contributed by atoms with van der Waals surface area (Å²) in [6.07, 6.45) is 29.3. The van der Waals surface area contributed by atoms with Gasteiger partial charge in [-0.25, -0.2) is 0 Å². The standard InChI is InChI=1S/C55H71N2/c1-8-10-12-14-16-22-39-56-48-35-31-44-25-18-20-29-46(44)52(48)54(4,5)50(56)37-33-42-27-24-28-43(41(42)3)34-38-51-55(6,7)53-47-30-21-19-26-45(47)32-36-49(53)57(51)40-23-17-15-13-11-9-2/h18-21,25-26,29-38H,8-17,22-24,27-28,39-40H2,1-7H3/q+1. The second-order valence-corrected chi connectivity index (χ2v) is 18.4. The van der Waals surface area contributed by atoms with Crippen LogP contribution in [0.1, 0.15) is 156 Å². The molecule has 0 N–H and O–H groups in total. The molecule has 1 aliphatic carbocycles. The number of benzene rings is 4. The molecule has 0 fully saturated rings. The van der Waals surface area contributed by atoms with Gasteiger partial charge in [0.05, 0.1) is 5.41 Å². The van der Waals surface area contributed by atoms with Gasteiger partial charge in [-0.2, -0.15) is 4.58 Å². The SMILES string of the molecule is CCCCCCCCN1/C(=C/C=C2\CCCC(/C=C/C3=[N+](CCCCCCCC)c4ccc5ccccc5c4C3(C)C)=C2C)C(C)(C)c2c1ccc1ccccc21. The van der Waals surface area contributed by atoms with Crippen LogP contribution < -0.4 is 4.90 Å². The second kappa shape index (κ2) is 18.2. The van der Waals surface area contributed by atoms with Crippen molar-refractivity contribution in [2.45, 2.75) is 156 Å². The van der Waals surface area contributed by atoms with E-state index >= 15 is 0 Å². The molecule has 0 saturated heterocycles. The summed E-state index contributed by atoms with van der Waals surface area (Å²) in [6.45, 7) is 19.0. The molecule has 0 amide bonds. The minimum atomic E-state index is -0.0756. The van der Waals surface area contributed by atoms with Crippen LogP contribution in [0, 0.1) is 0 Å². The molecule has 2 nitrogen and oxygen atoms in total. The van der Waals surface area contributed by atoms with E-state index in [1.54, 1.807) is 0 Å². The highest BCUT2D eigenvalue weighted by Crippen LogP contribution is 2.51. The van der Waals surface area contributed by atoms with Crippen molar-refractivity contribution in [2.75, 3.05) is 18.0 Å². The Morgan fingerprint density at radius 1 is 0.614 bits per heavy atom. The normalized spacial score (nSPS) is 19.0. The van der Waals surface area contributed by atoms with Crippen LogP contribution in [0.3, 0.4) is 0 Å². The molecule has 300 valence electrons. The lowest BCUT2D eigenvalue weighted by Crippen LogP contribution is -2.28. The summed E-state index contributed by atoms with van der Waals surface area (Å²) in [4.78, 5) is 2.68. The van der Waals surface area contributed by atoms with Crippen molar-refractivity contribution in [1.82, 2.24) is 0 Å². The molecule has 0 unspecified atom stereocenters. The van der Waals surface area contributed by atoms with Crippen LogP contribution in [0.15, 0.2) is 120 Å². The number of nitrogens with zero attached hydrogens (tertiary/aromatic N) is 2. The molecular weight excluding hydrogens is 689 g/mol. The van der Waals surface area contributed by atoms with Crippen LogP contribution in [0.4, 0.5) is 11.4 Å². The molecule has 2 heterocycles. The third kappa shape index (κ3) is 8.39. The number of anilines is 1. The zero-order valence-electron chi connectivity index (χ0n) is 36.7. The summed E-state index contributed by atoms with van der Waals surface area (Å²) in [7, 11) is 0. The van der Waals surface area contributed by atoms with Gasteiger partial charge >= 0.3 is 0 Å². The van der Waals surface area contributed by atoms with Crippen LogP contribution in [0.25, 0.3) is 21.5 Å². The van der Waals surface area contributed by atoms with Crippen LogP contribution >= 0.6 is 0 Å². The maximum absolute atomic E-state index is 2.68. The molecule has 4 aromatic rings. The lowest BCUT2D eigenvalue weighted by molar-refractivity contribution is -0.438. The minimum absolute atomic E-state index is 0.0756. The molecule has 0 atom stereocenters. The van der Waals surface area contributed by atoms with Gasteiger partial charge < -0.3 is 4.90 Å². The Balaban J connectivity index is 1.20. The van der Waals surface area contributed by atoms with E-state index in [-0.39, 0.29) is 10.8 Å². The fraction of sp³-hybridized carbons (Fsp3) is 0.473. The number of hydrogen-bond donors (Lipinski definition) is 0. The Hall–Kier alpha value is -4.17. The van der Waals surface area contributed by atoms with Crippen molar-refractivity contribution in [3.8, 4) is 0 Å². The maximum atomic E-state index is 2.68. The molecule has 0 aromatic heterocycles. The van der Waals surface area contributed by atoms with E-state index < -0.39 is 0 Å². The van der Waals surface area contributed by atoms with Crippen molar-refractivity contribution in [1.29, 1.82) is 0 Å². The van der Waals surface area contributed by atoms with Crippen LogP contribution in [-0.4, -0.2) is 23.4 Å². The number of unbranched alkanes of at least 4 members (excludes halogenated alkanes) is 10. The van der Waals surface area contributed by atoms with Crippen molar-refractivity contribution in [2.24, 2.45) is 0 Å². The van der Waals surface area contributed by atoms with Crippen molar-refractivity contribution >= 4 is 38.6 Å². The average Bonchev–Trinajstić information content (AvgIpc) is 3.57. The van der Waals surface area contributed by atoms with E-state index in [1.165, 1.54) is 156 Å². The lowest BCUT2D eigenvalue weighted by Gasteiger charge is -2.27. The van der Waals surface area contributed by atoms with Crippen LogP contribution in [0.2, 0.25) is 0 Å². The summed E-state index contributed by atoms with van der Waals surface area (Å²) < 4.78 is 2.68. The van der Waals surface area contributed by atoms with Gasteiger partial charge in [-0.3, -0.25) is 0 Å². The first-order chi connectivity index (χ1) is 27.7. The van der Waals surface area contributed by atoms with E-state index in [0.717, 1.165) is 25.9 Å². The molecule has 2 heteroatoms. The monoisotopic (exact) mass is 760 g/mol. The molecule has 0 spiro atoms. The first-order valence-corrected chi connectivity index (χ1v) is 22.9. The van der Waals surface area contributed by atoms with Gasteiger partial charge in [0.2, 0.25) is 5.69 Å². The molecule has 57 heavy (non-hydrogen) atoms. The molecule has 0 radical (unpaired) electrons. The Kier molecular flexibility index (Phi) is 13.1. The summed E-state index contributed by atoms with van der Waals surface area (Å²) in [5.74, 6) is 0. The largest absolute Gasteiger partial charge is 0.344 e. The average molecular weight is 760 g/mol. The number of allylic oxidation sites excluding steroid dienone is 8. The number of rotatable bonds is 17. The fourth-order valence-corrected chi connectivity index (χ4v) is 10.5. The quantitative estimate of drug-likeness (QED) is 0.0767. The summed E-state index contributed by atoms with van der Waals surface area (Å²) in [5, 5.41) is 5.49. The Morgan fingerprint density at radius 3 is 1.93 bits per heavy atom. The Bertz CT molecular complexity index is 2220. The fourth-order valence-electron chi connectivity index (χ4n) is 10.5. The lowest BCUT2D eigenvalue weighted by atomic mass is 9.78. The highest BCUT2D eigenvalue weighted by atomic mass is 15.2. The molecule has 7 rings (SSSR count). The van der Waals surface area contributed by atoms with Crippen molar-refractivity contribution < 1.29 is 4.58 Å². The van der Waals surface area contributed by atoms with Crippen molar-refractivity contribution in [3.05, 3.63) is 131 Å². The summed E-state index contributed by atoms with van der Waals surface area (Å²) >= 11 is 0. The predicted molar refractivity (Wildman–Crippen MR) is 250 cm³/mol. The van der Waals surface area contributed by atoms with Gasteiger partial charge in [0.1, 0.15) is 6.54 Å². The van der Waals surface area contributed by atoms with Crippen LogP contribution in [0.5, 0.6) is 0 Å². The summed E-state index contributed by atoms with van der Waals surface area (Å²) in [5.41, 5.74) is 13.0. The molecule has 4 aromatic carbocycles. The third-order valence-electron chi connectivity index (χ3n) is 13.7. The maximum Gasteiger partial charge on any atom is 0.210 e. The Morgan fingerprint density at radius 2 is 1.23 bits per heavy atom. The van der Waals surface area contributed by atoms with Crippen molar-refractivity contribution in [3.63, 3.8) is 0 Å². The molecule has 0 saturated carbocycles. The first kappa shape index (κ1) is 41.0. The van der Waals surface area contributed by atoms with E-state index in [4.69, 9.17) is 0 Å². The van der Waals surface area contributed by atoms with Gasteiger partial charge in [0, 0.05) is 47.5 Å². The van der Waals surface area contributed by atoms with E-state index in [0.29, 0.717) is 0 Å². The molecule has 3 aliphatic rings. The number of hydrogen-bond acceptors (Lipinski definition) is 1. The zero-order chi connectivity index (χ0) is 40.0. The smallest absolute Gasteiger partial charge is 0.210 e. The second-order valence-electron chi connectivity index (χ2n) is 18.4. The number of fused-ring (bicyclic) bond motifs is 6. The first-order valence-electron chi connectivity index (χ1n) is 22.9. The highest BCUT2D eigenvalue weighted by Gasteiger charge is 2.45. The molecular formula is C55H71N2+. The van der Waals surface area contributed by atoms with Gasteiger partial charge in [0.15, 0.2) is 5.71 Å². The predicted octanol–water partition coefficient (Wildman–Crippen LogP) is 15.8. The highest BCUT2D eigenvalue weighted by molar-refractivity contribution is 6.07. The van der Waals surface area contributed by atoms with E-state index in [9.17, 15) is 0 Å². The third-order valence-corrected chi connectivity index (χ3v) is 13.7. The molecule has 0 bridgehead atoms. The minimum Gasteiger partial charge on any atom is -0.344 e.